The fourth-order valence-electron chi connectivity index (χ4n) is 7.25. The Balaban J connectivity index is 1.23. The van der Waals surface area contributed by atoms with Gasteiger partial charge < -0.3 is 9.13 Å². The fraction of sp³-hybridized carbons (Fsp3) is 0. The number of fused-ring (bicyclic) bond motifs is 6. The molecule has 0 aliphatic rings. The van der Waals surface area contributed by atoms with Crippen LogP contribution in [0.3, 0.4) is 0 Å². The van der Waals surface area contributed by atoms with E-state index in [0.29, 0.717) is 11.1 Å². The van der Waals surface area contributed by atoms with Crippen molar-refractivity contribution < 1.29 is 0 Å². The van der Waals surface area contributed by atoms with E-state index < -0.39 is 0 Å². The van der Waals surface area contributed by atoms with Crippen LogP contribution in [0, 0.1) is 22.7 Å². The molecule has 222 valence electrons. The van der Waals surface area contributed by atoms with Gasteiger partial charge in [0.05, 0.1) is 51.0 Å². The van der Waals surface area contributed by atoms with Crippen molar-refractivity contribution in [2.45, 2.75) is 0 Å². The maximum Gasteiger partial charge on any atom is 0.0992 e. The molecule has 0 unspecified atom stereocenters. The van der Waals surface area contributed by atoms with Gasteiger partial charge in [-0.2, -0.15) is 10.5 Å². The summed E-state index contributed by atoms with van der Waals surface area (Å²) < 4.78 is 4.52. The molecule has 0 N–H and O–H groups in total. The quantitative estimate of drug-likeness (QED) is 0.199. The summed E-state index contributed by atoms with van der Waals surface area (Å²) in [6, 6.07) is 59.0. The maximum atomic E-state index is 10.2. The molecule has 0 bridgehead atoms. The minimum Gasteiger partial charge on any atom is -0.309 e. The van der Waals surface area contributed by atoms with Gasteiger partial charge in [-0.05, 0) is 77.4 Å². The standard InChI is InChI=1S/C44H26N4/c45-27-29-20-21-39-38-15-2-6-17-41(38)47(44(39)24-29)34-23-30(28-46)22-33(26-34)31-10-9-11-32(25-31)35-12-1-5-16-40(35)48-42-18-7-3-13-36(42)37-14-4-8-19-43(37)48/h1-26H. The van der Waals surface area contributed by atoms with E-state index in [4.69, 9.17) is 0 Å². The lowest BCUT2D eigenvalue weighted by Gasteiger charge is -2.15. The van der Waals surface area contributed by atoms with Gasteiger partial charge in [0.1, 0.15) is 0 Å². The first-order valence-electron chi connectivity index (χ1n) is 15.9. The zero-order chi connectivity index (χ0) is 32.2. The van der Waals surface area contributed by atoms with Gasteiger partial charge in [0, 0.05) is 32.8 Å². The minimum atomic E-state index is 0.570. The largest absolute Gasteiger partial charge is 0.309 e. The number of hydrogen-bond acceptors (Lipinski definition) is 2. The Bertz CT molecular complexity index is 2760. The average Bonchev–Trinajstić information content (AvgIpc) is 3.67. The van der Waals surface area contributed by atoms with Crippen molar-refractivity contribution in [1.29, 1.82) is 10.5 Å². The van der Waals surface area contributed by atoms with E-state index in [1.807, 2.05) is 42.5 Å². The molecule has 0 aliphatic carbocycles. The zero-order valence-corrected chi connectivity index (χ0v) is 25.8. The Morgan fingerprint density at radius 1 is 0.375 bits per heavy atom. The van der Waals surface area contributed by atoms with Crippen molar-refractivity contribution in [2.24, 2.45) is 0 Å². The molecule has 0 saturated heterocycles. The molecule has 0 atom stereocenters. The van der Waals surface area contributed by atoms with Gasteiger partial charge in [-0.25, -0.2) is 0 Å². The van der Waals surface area contributed by atoms with Crippen LogP contribution in [-0.2, 0) is 0 Å². The minimum absolute atomic E-state index is 0.570. The van der Waals surface area contributed by atoms with Crippen LogP contribution >= 0.6 is 0 Å². The summed E-state index contributed by atoms with van der Waals surface area (Å²) in [5.74, 6) is 0. The molecular formula is C44H26N4. The third-order valence-corrected chi connectivity index (χ3v) is 9.34. The van der Waals surface area contributed by atoms with E-state index in [9.17, 15) is 10.5 Å². The number of rotatable bonds is 4. The number of hydrogen-bond donors (Lipinski definition) is 0. The van der Waals surface area contributed by atoms with Crippen molar-refractivity contribution in [3.8, 4) is 45.8 Å². The predicted octanol–water partition coefficient (Wildman–Crippen LogP) is 11.0. The number of nitriles is 2. The van der Waals surface area contributed by atoms with Crippen LogP contribution in [0.5, 0.6) is 0 Å². The molecule has 9 aromatic rings. The second-order valence-electron chi connectivity index (χ2n) is 12.0. The monoisotopic (exact) mass is 610 g/mol. The highest BCUT2D eigenvalue weighted by Crippen LogP contribution is 2.38. The molecule has 0 aliphatic heterocycles. The summed E-state index contributed by atoms with van der Waals surface area (Å²) in [7, 11) is 0. The van der Waals surface area contributed by atoms with Gasteiger partial charge in [0.25, 0.3) is 0 Å². The van der Waals surface area contributed by atoms with Crippen LogP contribution in [0.25, 0.3) is 77.2 Å². The van der Waals surface area contributed by atoms with Crippen LogP contribution in [0.15, 0.2) is 158 Å². The summed E-state index contributed by atoms with van der Waals surface area (Å²) in [6.07, 6.45) is 0. The maximum absolute atomic E-state index is 10.2. The predicted molar refractivity (Wildman–Crippen MR) is 195 cm³/mol. The SMILES string of the molecule is N#Cc1cc(-c2cccc(-c3ccccc3-n3c4ccccc4c4ccccc43)c2)cc(-n2c3ccccc3c3ccc(C#N)cc32)c1. The van der Waals surface area contributed by atoms with Crippen molar-refractivity contribution >= 4 is 43.6 Å². The number of para-hydroxylation sites is 4. The van der Waals surface area contributed by atoms with E-state index in [0.717, 1.165) is 55.4 Å². The molecular weight excluding hydrogens is 585 g/mol. The van der Waals surface area contributed by atoms with Crippen LogP contribution in [0.2, 0.25) is 0 Å². The molecule has 9 rings (SSSR count). The highest BCUT2D eigenvalue weighted by atomic mass is 15.0. The highest BCUT2D eigenvalue weighted by Gasteiger charge is 2.17. The molecule has 2 heterocycles. The van der Waals surface area contributed by atoms with Gasteiger partial charge in [-0.3, -0.25) is 0 Å². The molecule has 2 aromatic heterocycles. The summed E-state index contributed by atoms with van der Waals surface area (Å²) in [5, 5.41) is 24.5. The number of benzene rings is 7. The van der Waals surface area contributed by atoms with Gasteiger partial charge in [-0.15, -0.1) is 0 Å². The lowest BCUT2D eigenvalue weighted by molar-refractivity contribution is 1.18. The Kier molecular flexibility index (Phi) is 6.22. The Morgan fingerprint density at radius 3 is 1.65 bits per heavy atom. The molecule has 4 nitrogen and oxygen atoms in total. The van der Waals surface area contributed by atoms with E-state index in [1.165, 1.54) is 21.8 Å². The van der Waals surface area contributed by atoms with Crippen molar-refractivity contribution in [1.82, 2.24) is 9.13 Å². The van der Waals surface area contributed by atoms with Crippen molar-refractivity contribution in [3.63, 3.8) is 0 Å². The summed E-state index contributed by atoms with van der Waals surface area (Å²) in [6.45, 7) is 0. The highest BCUT2D eigenvalue weighted by molar-refractivity contribution is 6.10. The first-order chi connectivity index (χ1) is 23.7. The normalized spacial score (nSPS) is 11.3. The van der Waals surface area contributed by atoms with E-state index >= 15 is 0 Å². The third-order valence-electron chi connectivity index (χ3n) is 9.34. The molecule has 0 fully saturated rings. The number of nitrogens with zero attached hydrogens (tertiary/aromatic N) is 4. The molecule has 0 amide bonds. The number of aromatic nitrogens is 2. The zero-order valence-electron chi connectivity index (χ0n) is 25.8. The Hall–Kier alpha value is -6.88. The van der Waals surface area contributed by atoms with E-state index in [-0.39, 0.29) is 0 Å². The smallest absolute Gasteiger partial charge is 0.0992 e. The van der Waals surface area contributed by atoms with E-state index in [1.54, 1.807) is 0 Å². The lowest BCUT2D eigenvalue weighted by atomic mass is 9.96. The lowest BCUT2D eigenvalue weighted by Crippen LogP contribution is -1.97. The van der Waals surface area contributed by atoms with E-state index in [2.05, 4.69) is 137 Å². The van der Waals surface area contributed by atoms with Crippen LogP contribution < -0.4 is 0 Å². The summed E-state index contributed by atoms with van der Waals surface area (Å²) in [5.41, 5.74) is 11.6. The summed E-state index contributed by atoms with van der Waals surface area (Å²) >= 11 is 0. The van der Waals surface area contributed by atoms with Gasteiger partial charge in [-0.1, -0.05) is 97.1 Å². The Morgan fingerprint density at radius 2 is 0.958 bits per heavy atom. The molecule has 7 aromatic carbocycles. The van der Waals surface area contributed by atoms with Gasteiger partial charge >= 0.3 is 0 Å². The third kappa shape index (κ3) is 4.22. The second kappa shape index (κ2) is 10.9. The van der Waals surface area contributed by atoms with Crippen LogP contribution in [0.4, 0.5) is 0 Å². The van der Waals surface area contributed by atoms with Crippen LogP contribution in [0.1, 0.15) is 11.1 Å². The second-order valence-corrected chi connectivity index (χ2v) is 12.0. The van der Waals surface area contributed by atoms with Gasteiger partial charge in [0.2, 0.25) is 0 Å². The first-order valence-corrected chi connectivity index (χ1v) is 15.9. The molecule has 4 heteroatoms. The fourth-order valence-corrected chi connectivity index (χ4v) is 7.25. The van der Waals surface area contributed by atoms with Crippen molar-refractivity contribution in [2.75, 3.05) is 0 Å². The first kappa shape index (κ1) is 27.4. The average molecular weight is 611 g/mol. The van der Waals surface area contributed by atoms with Crippen molar-refractivity contribution in [3.05, 3.63) is 169 Å². The molecule has 0 saturated carbocycles. The molecule has 0 spiro atoms. The van der Waals surface area contributed by atoms with Gasteiger partial charge in [0.15, 0.2) is 0 Å². The molecule has 48 heavy (non-hydrogen) atoms. The topological polar surface area (TPSA) is 57.4 Å². The van der Waals surface area contributed by atoms with Crippen LogP contribution in [-0.4, -0.2) is 9.13 Å². The Labute approximate surface area is 277 Å². The molecule has 0 radical (unpaired) electrons. The summed E-state index contributed by atoms with van der Waals surface area (Å²) in [4.78, 5) is 0.